The van der Waals surface area contributed by atoms with Gasteiger partial charge in [0, 0.05) is 11.8 Å². The molecular weight excluding hydrogens is 607 g/mol. The Morgan fingerprint density at radius 2 is 1.77 bits per heavy atom. The highest BCUT2D eigenvalue weighted by Crippen LogP contribution is 2.40. The highest BCUT2D eigenvalue weighted by molar-refractivity contribution is 9.10. The number of hydrogen-bond donors (Lipinski definition) is 1. The summed E-state index contributed by atoms with van der Waals surface area (Å²) in [5, 5.41) is 13.3. The van der Waals surface area contributed by atoms with Gasteiger partial charge in [-0.1, -0.05) is 24.3 Å². The summed E-state index contributed by atoms with van der Waals surface area (Å²) in [5.41, 5.74) is -1.11. The molecule has 1 N–H and O–H groups in total. The van der Waals surface area contributed by atoms with Crippen LogP contribution < -0.4 is 10.1 Å². The molecule has 0 unspecified atom stereocenters. The minimum Gasteiger partial charge on any atom is -0.449 e. The largest absolute Gasteiger partial charge is 0.449 e. The molecule has 0 radical (unpaired) electrons. The van der Waals surface area contributed by atoms with Gasteiger partial charge in [-0.15, -0.1) is 0 Å². The highest BCUT2D eigenvalue weighted by Gasteiger charge is 2.36. The fourth-order valence-corrected chi connectivity index (χ4v) is 4.70. The number of imide groups is 1. The summed E-state index contributed by atoms with van der Waals surface area (Å²) in [6.07, 6.45) is -3.35. The van der Waals surface area contributed by atoms with Crippen molar-refractivity contribution in [1.29, 1.82) is 0 Å². The minimum absolute atomic E-state index is 0.0562. The lowest BCUT2D eigenvalue weighted by Crippen LogP contribution is -2.36. The van der Waals surface area contributed by atoms with Crippen molar-refractivity contribution in [1.82, 2.24) is 4.90 Å². The van der Waals surface area contributed by atoms with Gasteiger partial charge in [-0.2, -0.15) is 13.2 Å². The molecular formula is C25H15BrF3N3O6S. The Labute approximate surface area is 230 Å². The Bertz CT molecular complexity index is 1510. The average molecular weight is 622 g/mol. The molecule has 1 fully saturated rings. The van der Waals surface area contributed by atoms with E-state index in [0.29, 0.717) is 35.1 Å². The molecule has 0 saturated carbocycles. The van der Waals surface area contributed by atoms with E-state index in [9.17, 15) is 37.7 Å². The Balaban J connectivity index is 1.48. The number of rotatable bonds is 7. The van der Waals surface area contributed by atoms with Gasteiger partial charge in [0.25, 0.3) is 11.1 Å². The van der Waals surface area contributed by atoms with Gasteiger partial charge in [0.1, 0.15) is 12.3 Å². The van der Waals surface area contributed by atoms with Gasteiger partial charge in [0.05, 0.1) is 19.9 Å². The smallest absolute Gasteiger partial charge is 0.416 e. The number of benzene rings is 3. The predicted octanol–water partition coefficient (Wildman–Crippen LogP) is 6.84. The summed E-state index contributed by atoms with van der Waals surface area (Å²) in [5.74, 6) is -1.56. The van der Waals surface area contributed by atoms with E-state index in [1.165, 1.54) is 24.3 Å². The number of carbonyl (C=O) groups excluding carboxylic acids is 3. The minimum atomic E-state index is -4.77. The topological polar surface area (TPSA) is 119 Å². The Hall–Kier alpha value is -4.17. The number of para-hydroxylation sites is 1. The van der Waals surface area contributed by atoms with Crippen molar-refractivity contribution >= 4 is 62.2 Å². The van der Waals surface area contributed by atoms with E-state index in [-0.39, 0.29) is 15.1 Å². The summed E-state index contributed by atoms with van der Waals surface area (Å²) in [7, 11) is 0. The number of nitrogens with one attached hydrogen (secondary N) is 1. The molecule has 3 aromatic carbocycles. The third kappa shape index (κ3) is 6.64. The van der Waals surface area contributed by atoms with Crippen LogP contribution in [-0.4, -0.2) is 33.4 Å². The fraction of sp³-hybridized carbons (Fsp3) is 0.0800. The summed E-state index contributed by atoms with van der Waals surface area (Å²) >= 11 is 3.89. The zero-order valence-electron chi connectivity index (χ0n) is 19.4. The third-order valence-corrected chi connectivity index (χ3v) is 6.72. The second-order valence-electron chi connectivity index (χ2n) is 7.91. The van der Waals surface area contributed by atoms with E-state index in [4.69, 9.17) is 4.74 Å². The number of halogens is 4. The summed E-state index contributed by atoms with van der Waals surface area (Å²) in [4.78, 5) is 48.6. The Morgan fingerprint density at radius 1 is 1.08 bits per heavy atom. The lowest BCUT2D eigenvalue weighted by atomic mass is 10.1. The van der Waals surface area contributed by atoms with E-state index >= 15 is 0 Å². The first-order valence-electron chi connectivity index (χ1n) is 10.9. The van der Waals surface area contributed by atoms with Crippen LogP contribution in [0.3, 0.4) is 0 Å². The molecule has 0 aromatic heterocycles. The van der Waals surface area contributed by atoms with Gasteiger partial charge in [-0.05, 0) is 75.7 Å². The number of nitrogens with zero attached hydrogens (tertiary/aromatic N) is 2. The molecule has 4 rings (SSSR count). The zero-order chi connectivity index (χ0) is 28.3. The average Bonchev–Trinajstić information content (AvgIpc) is 3.12. The summed E-state index contributed by atoms with van der Waals surface area (Å²) in [6.45, 7) is -0.473. The van der Waals surface area contributed by atoms with Gasteiger partial charge in [-0.3, -0.25) is 29.4 Å². The number of ether oxygens (including phenoxy) is 1. The summed E-state index contributed by atoms with van der Waals surface area (Å²) < 4.78 is 44.6. The quantitative estimate of drug-likeness (QED) is 0.174. The SMILES string of the molecule is O=C(CN1C(=O)S/C(=C\c2ccc(Oc3ccc(C(F)(F)F)cc3[N+](=O)[O-])c(Br)c2)C1=O)Nc1ccccc1. The molecule has 1 heterocycles. The number of carbonyl (C=O) groups is 3. The molecule has 3 aromatic rings. The Kier molecular flexibility index (Phi) is 8.06. The lowest BCUT2D eigenvalue weighted by molar-refractivity contribution is -0.385. The molecule has 1 aliphatic rings. The maximum absolute atomic E-state index is 12.9. The van der Waals surface area contributed by atoms with Crippen LogP contribution in [0.5, 0.6) is 11.5 Å². The zero-order valence-corrected chi connectivity index (χ0v) is 21.8. The van der Waals surface area contributed by atoms with Crippen LogP contribution in [0.1, 0.15) is 11.1 Å². The number of amides is 3. The molecule has 200 valence electrons. The lowest BCUT2D eigenvalue weighted by Gasteiger charge is -2.12. The first-order valence-corrected chi connectivity index (χ1v) is 12.5. The van der Waals surface area contributed by atoms with Crippen molar-refractivity contribution in [2.24, 2.45) is 0 Å². The molecule has 0 atom stereocenters. The standard InChI is InChI=1S/C25H15BrF3N3O6S/c26-17-10-14(6-8-19(17)38-20-9-7-15(25(27,28)29)12-18(20)32(36)37)11-21-23(34)31(24(35)39-21)13-22(33)30-16-4-2-1-3-5-16/h1-12H,13H2,(H,30,33)/b21-11-. The van der Waals surface area contributed by atoms with Crippen LogP contribution in [0.15, 0.2) is 76.1 Å². The normalized spacial score (nSPS) is 14.6. The molecule has 1 aliphatic heterocycles. The van der Waals surface area contributed by atoms with E-state index in [2.05, 4.69) is 21.2 Å². The van der Waals surface area contributed by atoms with Gasteiger partial charge < -0.3 is 10.1 Å². The number of nitro benzene ring substituents is 1. The van der Waals surface area contributed by atoms with Crippen LogP contribution in [0, 0.1) is 10.1 Å². The van der Waals surface area contributed by atoms with Gasteiger partial charge in [-0.25, -0.2) is 0 Å². The van der Waals surface area contributed by atoms with Crippen molar-refractivity contribution < 1.29 is 37.2 Å². The van der Waals surface area contributed by atoms with Crippen molar-refractivity contribution in [2.45, 2.75) is 6.18 Å². The molecule has 9 nitrogen and oxygen atoms in total. The Morgan fingerprint density at radius 3 is 2.41 bits per heavy atom. The maximum atomic E-state index is 12.9. The molecule has 3 amide bonds. The molecule has 1 saturated heterocycles. The third-order valence-electron chi connectivity index (χ3n) is 5.19. The highest BCUT2D eigenvalue weighted by atomic mass is 79.9. The monoisotopic (exact) mass is 621 g/mol. The summed E-state index contributed by atoms with van der Waals surface area (Å²) in [6, 6.07) is 14.8. The molecule has 14 heteroatoms. The van der Waals surface area contributed by atoms with Crippen LogP contribution in [0.4, 0.5) is 29.3 Å². The van der Waals surface area contributed by atoms with E-state index < -0.39 is 51.7 Å². The molecule has 0 spiro atoms. The van der Waals surface area contributed by atoms with Crippen molar-refractivity contribution in [3.63, 3.8) is 0 Å². The predicted molar refractivity (Wildman–Crippen MR) is 140 cm³/mol. The fourth-order valence-electron chi connectivity index (χ4n) is 3.38. The maximum Gasteiger partial charge on any atom is 0.416 e. The number of hydrogen-bond acceptors (Lipinski definition) is 7. The van der Waals surface area contributed by atoms with E-state index in [0.717, 1.165) is 11.0 Å². The van der Waals surface area contributed by atoms with E-state index in [1.54, 1.807) is 30.3 Å². The van der Waals surface area contributed by atoms with E-state index in [1.807, 2.05) is 0 Å². The molecule has 0 bridgehead atoms. The first-order chi connectivity index (χ1) is 18.4. The van der Waals surface area contributed by atoms with Crippen LogP contribution in [0.2, 0.25) is 0 Å². The first kappa shape index (κ1) is 27.9. The van der Waals surface area contributed by atoms with Crippen LogP contribution in [-0.2, 0) is 15.8 Å². The second-order valence-corrected chi connectivity index (χ2v) is 9.76. The van der Waals surface area contributed by atoms with Crippen LogP contribution in [0.25, 0.3) is 6.08 Å². The van der Waals surface area contributed by atoms with Gasteiger partial charge >= 0.3 is 11.9 Å². The van der Waals surface area contributed by atoms with Crippen LogP contribution >= 0.6 is 27.7 Å². The van der Waals surface area contributed by atoms with Gasteiger partial charge in [0.2, 0.25) is 11.7 Å². The van der Waals surface area contributed by atoms with Crippen molar-refractivity contribution in [2.75, 3.05) is 11.9 Å². The number of nitro groups is 1. The number of alkyl halides is 3. The second kappa shape index (κ2) is 11.3. The number of thioether (sulfide) groups is 1. The van der Waals surface area contributed by atoms with Crippen molar-refractivity contribution in [3.8, 4) is 11.5 Å². The molecule has 0 aliphatic carbocycles. The van der Waals surface area contributed by atoms with Gasteiger partial charge in [0.15, 0.2) is 0 Å². The number of anilines is 1. The van der Waals surface area contributed by atoms with Crippen molar-refractivity contribution in [3.05, 3.63) is 97.3 Å². The molecule has 39 heavy (non-hydrogen) atoms.